The first-order valence-corrected chi connectivity index (χ1v) is 20.8. The van der Waals surface area contributed by atoms with Gasteiger partial charge in [-0.05, 0) is 113 Å². The summed E-state index contributed by atoms with van der Waals surface area (Å²) in [6, 6.07) is 87.2. The van der Waals surface area contributed by atoms with Crippen molar-refractivity contribution >= 4 is 27.8 Å². The molecule has 2 aliphatic rings. The molecule has 0 amide bonds. The third-order valence-electron chi connectivity index (χ3n) is 12.9. The minimum atomic E-state index is -0.437. The van der Waals surface area contributed by atoms with Crippen molar-refractivity contribution in [2.24, 2.45) is 0 Å². The number of rotatable bonds is 6. The topological polar surface area (TPSA) is 3.24 Å². The molecule has 0 radical (unpaired) electrons. The van der Waals surface area contributed by atoms with Crippen molar-refractivity contribution < 1.29 is 0 Å². The Morgan fingerprint density at radius 3 is 1.40 bits per heavy atom. The largest absolute Gasteiger partial charge is 0.310 e. The van der Waals surface area contributed by atoms with Crippen LogP contribution in [0.5, 0.6) is 0 Å². The Hall–Kier alpha value is -7.74. The van der Waals surface area contributed by atoms with E-state index in [4.69, 9.17) is 0 Å². The van der Waals surface area contributed by atoms with Crippen LogP contribution in [0, 0.1) is 0 Å². The Bertz CT molecular complexity index is 3190. The van der Waals surface area contributed by atoms with Crippen molar-refractivity contribution in [2.75, 3.05) is 4.90 Å². The summed E-state index contributed by atoms with van der Waals surface area (Å²) < 4.78 is 0. The Kier molecular flexibility index (Phi) is 7.83. The van der Waals surface area contributed by atoms with Gasteiger partial charge in [-0.15, -0.1) is 0 Å². The first-order chi connectivity index (χ1) is 29.8. The lowest BCUT2D eigenvalue weighted by Crippen LogP contribution is -2.26. The van der Waals surface area contributed by atoms with Gasteiger partial charge in [0.25, 0.3) is 0 Å². The van der Waals surface area contributed by atoms with Crippen LogP contribution >= 0.6 is 0 Å². The summed E-state index contributed by atoms with van der Waals surface area (Å²) >= 11 is 0. The molecule has 1 heteroatoms. The van der Waals surface area contributed by atoms with Gasteiger partial charge in [0, 0.05) is 16.9 Å². The molecule has 1 nitrogen and oxygen atoms in total. The quantitative estimate of drug-likeness (QED) is 0.163. The summed E-state index contributed by atoms with van der Waals surface area (Å²) in [6.07, 6.45) is 0. The van der Waals surface area contributed by atoms with E-state index in [1.807, 2.05) is 0 Å². The molecule has 0 aliphatic heterocycles. The number of anilines is 3. The highest BCUT2D eigenvalue weighted by Crippen LogP contribution is 2.63. The zero-order chi connectivity index (χ0) is 39.6. The highest BCUT2D eigenvalue weighted by atomic mass is 15.1. The number of hydrogen-bond donors (Lipinski definition) is 0. The summed E-state index contributed by atoms with van der Waals surface area (Å²) in [7, 11) is 0. The number of para-hydroxylation sites is 1. The van der Waals surface area contributed by atoms with Crippen LogP contribution in [-0.2, 0) is 5.41 Å². The van der Waals surface area contributed by atoms with Gasteiger partial charge in [-0.2, -0.15) is 0 Å². The Morgan fingerprint density at radius 2 is 0.750 bits per heavy atom. The first-order valence-electron chi connectivity index (χ1n) is 20.8. The van der Waals surface area contributed by atoms with Crippen LogP contribution in [0.3, 0.4) is 0 Å². The minimum absolute atomic E-state index is 0.437. The van der Waals surface area contributed by atoms with Crippen LogP contribution in [-0.4, -0.2) is 0 Å². The van der Waals surface area contributed by atoms with Gasteiger partial charge >= 0.3 is 0 Å². The molecule has 0 heterocycles. The van der Waals surface area contributed by atoms with Gasteiger partial charge in [0.2, 0.25) is 0 Å². The highest BCUT2D eigenvalue weighted by molar-refractivity contribution is 6.04. The molecule has 10 aromatic rings. The smallest absolute Gasteiger partial charge is 0.0726 e. The third-order valence-corrected chi connectivity index (χ3v) is 12.9. The average molecular weight is 762 g/mol. The highest BCUT2D eigenvalue weighted by Gasteiger charge is 2.51. The molecule has 0 bridgehead atoms. The summed E-state index contributed by atoms with van der Waals surface area (Å²) in [5, 5.41) is 2.50. The molecule has 2 aliphatic carbocycles. The van der Waals surface area contributed by atoms with E-state index >= 15 is 0 Å². The van der Waals surface area contributed by atoms with Gasteiger partial charge < -0.3 is 4.90 Å². The normalized spacial score (nSPS) is 12.8. The van der Waals surface area contributed by atoms with Gasteiger partial charge in [0.05, 0.1) is 11.1 Å². The maximum Gasteiger partial charge on any atom is 0.0726 e. The van der Waals surface area contributed by atoms with Crippen LogP contribution in [0.2, 0.25) is 0 Å². The lowest BCUT2D eigenvalue weighted by Gasteiger charge is -2.32. The molecule has 0 atom stereocenters. The number of fused-ring (bicyclic) bond motifs is 11. The van der Waals surface area contributed by atoms with Crippen molar-refractivity contribution in [3.05, 3.63) is 259 Å². The molecule has 1 spiro atoms. The first kappa shape index (κ1) is 34.3. The van der Waals surface area contributed by atoms with E-state index in [1.165, 1.54) is 88.7 Å². The van der Waals surface area contributed by atoms with Gasteiger partial charge in [0.1, 0.15) is 0 Å². The molecule has 0 saturated heterocycles. The maximum atomic E-state index is 2.49. The van der Waals surface area contributed by atoms with Crippen molar-refractivity contribution in [2.45, 2.75) is 5.41 Å². The van der Waals surface area contributed by atoms with Gasteiger partial charge in [-0.1, -0.05) is 206 Å². The molecule has 12 rings (SSSR count). The van der Waals surface area contributed by atoms with E-state index < -0.39 is 5.41 Å². The molecule has 280 valence electrons. The van der Waals surface area contributed by atoms with Crippen LogP contribution < -0.4 is 4.90 Å². The number of benzene rings is 10. The van der Waals surface area contributed by atoms with E-state index in [0.717, 1.165) is 17.1 Å². The molecule has 0 N–H and O–H groups in total. The van der Waals surface area contributed by atoms with E-state index in [0.29, 0.717) is 0 Å². The van der Waals surface area contributed by atoms with E-state index in [1.54, 1.807) is 0 Å². The molecular formula is C59H39N. The predicted molar refractivity (Wildman–Crippen MR) is 251 cm³/mol. The molecule has 10 aromatic carbocycles. The molecule has 60 heavy (non-hydrogen) atoms. The standard InChI is InChI=1S/C59H39N/c1-3-17-40(18-4-1)46-22-12-16-30-57(46)60(44-34-31-42(32-35-44)48-37-33-41-19-7-8-23-47(41)58(48)43-20-5-2-6-21-43)45-36-38-52-51-26-11-15-29-55(51)59(56(52)39-45)53-27-13-9-24-49(53)50-25-10-14-28-54(50)59/h1-39H. The van der Waals surface area contributed by atoms with E-state index in [9.17, 15) is 0 Å². The summed E-state index contributed by atoms with van der Waals surface area (Å²) in [5.41, 5.74) is 20.7. The van der Waals surface area contributed by atoms with Gasteiger partial charge in [-0.3, -0.25) is 0 Å². The van der Waals surface area contributed by atoms with Gasteiger partial charge in [0.15, 0.2) is 0 Å². The zero-order valence-corrected chi connectivity index (χ0v) is 33.0. The maximum absolute atomic E-state index is 2.49. The Balaban J connectivity index is 1.08. The van der Waals surface area contributed by atoms with E-state index in [2.05, 4.69) is 241 Å². The van der Waals surface area contributed by atoms with Crippen molar-refractivity contribution in [3.63, 3.8) is 0 Å². The summed E-state index contributed by atoms with van der Waals surface area (Å²) in [4.78, 5) is 2.47. The lowest BCUT2D eigenvalue weighted by molar-refractivity contribution is 0.793. The van der Waals surface area contributed by atoms with Gasteiger partial charge in [-0.25, -0.2) is 0 Å². The Labute approximate surface area is 351 Å². The fraction of sp³-hybridized carbons (Fsp3) is 0.0169. The molecule has 0 saturated carbocycles. The van der Waals surface area contributed by atoms with Crippen molar-refractivity contribution in [1.82, 2.24) is 0 Å². The van der Waals surface area contributed by atoms with E-state index in [-0.39, 0.29) is 0 Å². The number of hydrogen-bond acceptors (Lipinski definition) is 1. The fourth-order valence-corrected chi connectivity index (χ4v) is 10.4. The third kappa shape index (κ3) is 5.06. The van der Waals surface area contributed by atoms with Crippen molar-refractivity contribution in [1.29, 1.82) is 0 Å². The molecule has 0 aromatic heterocycles. The van der Waals surface area contributed by atoms with Crippen LogP contribution in [0.4, 0.5) is 17.1 Å². The monoisotopic (exact) mass is 761 g/mol. The number of nitrogens with zero attached hydrogens (tertiary/aromatic N) is 1. The second-order valence-corrected chi connectivity index (χ2v) is 16.0. The lowest BCUT2D eigenvalue weighted by atomic mass is 9.70. The van der Waals surface area contributed by atoms with Crippen LogP contribution in [0.25, 0.3) is 66.4 Å². The SMILES string of the molecule is c1ccc(-c2ccccc2N(c2ccc(-c3ccc4ccccc4c3-c3ccccc3)cc2)c2ccc3c(c2)C2(c4ccccc4-c4ccccc42)c2ccccc2-3)cc1. The zero-order valence-electron chi connectivity index (χ0n) is 33.0. The Morgan fingerprint density at radius 1 is 0.283 bits per heavy atom. The average Bonchev–Trinajstić information content (AvgIpc) is 3.79. The second kappa shape index (κ2) is 13.7. The van der Waals surface area contributed by atoms with Crippen LogP contribution in [0.1, 0.15) is 22.3 Å². The summed E-state index contributed by atoms with van der Waals surface area (Å²) in [5.74, 6) is 0. The van der Waals surface area contributed by atoms with Crippen LogP contribution in [0.15, 0.2) is 237 Å². The van der Waals surface area contributed by atoms with Crippen molar-refractivity contribution in [3.8, 4) is 55.6 Å². The molecule has 0 fully saturated rings. The summed E-state index contributed by atoms with van der Waals surface area (Å²) in [6.45, 7) is 0. The molecular weight excluding hydrogens is 723 g/mol. The second-order valence-electron chi connectivity index (χ2n) is 16.0. The minimum Gasteiger partial charge on any atom is -0.310 e. The predicted octanol–water partition coefficient (Wildman–Crippen LogP) is 15.7. The fourth-order valence-electron chi connectivity index (χ4n) is 10.4. The molecule has 0 unspecified atom stereocenters.